The third-order valence-electron chi connectivity index (χ3n) is 2.74. The fourth-order valence-electron chi connectivity index (χ4n) is 1.70. The summed E-state index contributed by atoms with van der Waals surface area (Å²) in [6.07, 6.45) is 0. The molecule has 0 amide bonds. The van der Waals surface area contributed by atoms with Gasteiger partial charge < -0.3 is 10.0 Å². The molecule has 0 spiro atoms. The highest BCUT2D eigenvalue weighted by Crippen LogP contribution is 2.35. The van der Waals surface area contributed by atoms with Gasteiger partial charge >= 0.3 is 5.97 Å². The van der Waals surface area contributed by atoms with Gasteiger partial charge in [0.05, 0.1) is 21.7 Å². The van der Waals surface area contributed by atoms with Crippen LogP contribution in [-0.4, -0.2) is 23.7 Å². The Hall–Kier alpha value is -0.930. The molecule has 1 N–H and O–H groups in total. The summed E-state index contributed by atoms with van der Waals surface area (Å²) < 4.78 is 0. The van der Waals surface area contributed by atoms with Gasteiger partial charge in [0.1, 0.15) is 0 Å². The number of aliphatic carboxylic acids is 1. The lowest BCUT2D eigenvalue weighted by molar-refractivity contribution is -0.140. The lowest BCUT2D eigenvalue weighted by Gasteiger charge is -2.32. The lowest BCUT2D eigenvalue weighted by atomic mass is 10.1. The van der Waals surface area contributed by atoms with Crippen LogP contribution in [0, 0.1) is 5.92 Å². The quantitative estimate of drug-likeness (QED) is 0.893. The van der Waals surface area contributed by atoms with E-state index in [9.17, 15) is 4.79 Å². The molecule has 0 saturated carbocycles. The van der Waals surface area contributed by atoms with E-state index in [1.54, 1.807) is 25.1 Å². The monoisotopic (exact) mass is 289 g/mol. The fraction of sp³-hybridized carbons (Fsp3) is 0.462. The minimum absolute atomic E-state index is 0.115. The van der Waals surface area contributed by atoms with Gasteiger partial charge in [0, 0.05) is 12.6 Å². The molecule has 0 aliphatic rings. The topological polar surface area (TPSA) is 40.5 Å². The van der Waals surface area contributed by atoms with E-state index in [0.717, 1.165) is 0 Å². The third kappa shape index (κ3) is 3.53. The highest BCUT2D eigenvalue weighted by Gasteiger charge is 2.22. The smallest absolute Gasteiger partial charge is 0.308 e. The molecule has 18 heavy (non-hydrogen) atoms. The molecule has 1 aromatic carbocycles. The van der Waals surface area contributed by atoms with Crippen molar-refractivity contribution in [1.82, 2.24) is 0 Å². The van der Waals surface area contributed by atoms with E-state index in [1.165, 1.54) is 0 Å². The number of carbonyl (C=O) groups is 1. The van der Waals surface area contributed by atoms with Crippen molar-refractivity contribution in [3.8, 4) is 0 Å². The largest absolute Gasteiger partial charge is 0.481 e. The minimum Gasteiger partial charge on any atom is -0.481 e. The van der Waals surface area contributed by atoms with Crippen molar-refractivity contribution in [2.24, 2.45) is 5.92 Å². The maximum Gasteiger partial charge on any atom is 0.308 e. The number of rotatable bonds is 5. The van der Waals surface area contributed by atoms with E-state index in [-0.39, 0.29) is 6.04 Å². The van der Waals surface area contributed by atoms with E-state index in [2.05, 4.69) is 0 Å². The molecule has 0 saturated heterocycles. The van der Waals surface area contributed by atoms with Gasteiger partial charge in [-0.1, -0.05) is 36.2 Å². The Morgan fingerprint density at radius 3 is 2.17 bits per heavy atom. The molecule has 0 aliphatic heterocycles. The first kappa shape index (κ1) is 15.1. The Morgan fingerprint density at radius 2 is 1.78 bits per heavy atom. The highest BCUT2D eigenvalue weighted by molar-refractivity contribution is 6.39. The molecule has 0 aliphatic carbocycles. The molecular weight excluding hydrogens is 273 g/mol. The Morgan fingerprint density at radius 1 is 1.28 bits per heavy atom. The molecule has 0 fully saturated rings. The van der Waals surface area contributed by atoms with Gasteiger partial charge in [0.2, 0.25) is 0 Å². The van der Waals surface area contributed by atoms with Gasteiger partial charge in [-0.25, -0.2) is 0 Å². The molecule has 1 aromatic rings. The molecule has 0 bridgehead atoms. The van der Waals surface area contributed by atoms with Crippen LogP contribution in [0.15, 0.2) is 18.2 Å². The summed E-state index contributed by atoms with van der Waals surface area (Å²) in [7, 11) is 0. The number of nitrogens with zero attached hydrogens (tertiary/aromatic N) is 1. The number of para-hydroxylation sites is 1. The summed E-state index contributed by atoms with van der Waals surface area (Å²) in [5.41, 5.74) is 0.698. The number of hydrogen-bond acceptors (Lipinski definition) is 2. The molecule has 1 unspecified atom stereocenters. The van der Waals surface area contributed by atoms with Crippen LogP contribution in [-0.2, 0) is 4.79 Å². The minimum atomic E-state index is -0.830. The molecule has 1 rings (SSSR count). The van der Waals surface area contributed by atoms with Crippen LogP contribution in [0.4, 0.5) is 5.69 Å². The number of anilines is 1. The summed E-state index contributed by atoms with van der Waals surface area (Å²) in [5.74, 6) is -1.32. The van der Waals surface area contributed by atoms with Crippen LogP contribution in [0.1, 0.15) is 20.8 Å². The number of benzene rings is 1. The van der Waals surface area contributed by atoms with Crippen molar-refractivity contribution >= 4 is 34.9 Å². The summed E-state index contributed by atoms with van der Waals surface area (Å²) in [5, 5.41) is 10.1. The van der Waals surface area contributed by atoms with Gasteiger partial charge in [-0.3, -0.25) is 4.79 Å². The van der Waals surface area contributed by atoms with E-state index in [0.29, 0.717) is 22.3 Å². The summed E-state index contributed by atoms with van der Waals surface area (Å²) in [4.78, 5) is 12.9. The van der Waals surface area contributed by atoms with Crippen molar-refractivity contribution in [2.45, 2.75) is 26.8 Å². The summed E-state index contributed by atoms with van der Waals surface area (Å²) >= 11 is 12.3. The van der Waals surface area contributed by atoms with Crippen molar-refractivity contribution in [1.29, 1.82) is 0 Å². The van der Waals surface area contributed by atoms with Crippen LogP contribution < -0.4 is 4.90 Å². The number of carboxylic acid groups (broad SMARTS) is 1. The van der Waals surface area contributed by atoms with Crippen LogP contribution in [0.25, 0.3) is 0 Å². The summed E-state index contributed by atoms with van der Waals surface area (Å²) in [6, 6.07) is 5.39. The standard InChI is InChI=1S/C13H17Cl2NO2/c1-8(2)16(7-9(3)13(17)18)12-10(14)5-4-6-11(12)15/h4-6,8-9H,7H2,1-3H3,(H,17,18). The highest BCUT2D eigenvalue weighted by atomic mass is 35.5. The first-order valence-corrected chi connectivity index (χ1v) is 6.53. The van der Waals surface area contributed by atoms with Crippen LogP contribution in [0.5, 0.6) is 0 Å². The molecule has 3 nitrogen and oxygen atoms in total. The third-order valence-corrected chi connectivity index (χ3v) is 3.35. The first-order chi connectivity index (χ1) is 8.34. The second kappa shape index (κ2) is 6.30. The number of halogens is 2. The average Bonchev–Trinajstić information content (AvgIpc) is 2.26. The van der Waals surface area contributed by atoms with Crippen LogP contribution in [0.3, 0.4) is 0 Å². The fourth-order valence-corrected chi connectivity index (χ4v) is 2.31. The maximum atomic E-state index is 11.0. The van der Waals surface area contributed by atoms with Gasteiger partial charge in [-0.2, -0.15) is 0 Å². The maximum absolute atomic E-state index is 11.0. The van der Waals surface area contributed by atoms with Crippen LogP contribution in [0.2, 0.25) is 10.0 Å². The predicted octanol–water partition coefficient (Wildman–Crippen LogP) is 3.93. The van der Waals surface area contributed by atoms with Gasteiger partial charge in [0.25, 0.3) is 0 Å². The second-order valence-corrected chi connectivity index (χ2v) is 5.37. The van der Waals surface area contributed by atoms with Crippen molar-refractivity contribution in [2.75, 3.05) is 11.4 Å². The Balaban J connectivity index is 3.09. The Kier molecular flexibility index (Phi) is 5.29. The predicted molar refractivity (Wildman–Crippen MR) is 75.7 cm³/mol. The van der Waals surface area contributed by atoms with E-state index in [1.807, 2.05) is 18.7 Å². The number of hydrogen-bond donors (Lipinski definition) is 1. The molecule has 0 heterocycles. The normalized spacial score (nSPS) is 12.6. The number of carboxylic acids is 1. The summed E-state index contributed by atoms with van der Waals surface area (Å²) in [6.45, 7) is 6.00. The zero-order valence-electron chi connectivity index (χ0n) is 10.7. The van der Waals surface area contributed by atoms with Gasteiger partial charge in [-0.15, -0.1) is 0 Å². The van der Waals surface area contributed by atoms with Crippen LogP contribution >= 0.6 is 23.2 Å². The SMILES string of the molecule is CC(CN(c1c(Cl)cccc1Cl)C(C)C)C(=O)O. The van der Waals surface area contributed by atoms with Gasteiger partial charge in [0.15, 0.2) is 0 Å². The molecule has 1 atom stereocenters. The zero-order valence-corrected chi connectivity index (χ0v) is 12.2. The van der Waals surface area contributed by atoms with Gasteiger partial charge in [-0.05, 0) is 26.0 Å². The van der Waals surface area contributed by atoms with Crippen molar-refractivity contribution < 1.29 is 9.90 Å². The van der Waals surface area contributed by atoms with E-state index < -0.39 is 11.9 Å². The molecule has 0 radical (unpaired) electrons. The molecule has 100 valence electrons. The average molecular weight is 290 g/mol. The van der Waals surface area contributed by atoms with E-state index >= 15 is 0 Å². The first-order valence-electron chi connectivity index (χ1n) is 5.78. The van der Waals surface area contributed by atoms with E-state index in [4.69, 9.17) is 28.3 Å². The zero-order chi connectivity index (χ0) is 13.9. The van der Waals surface area contributed by atoms with Crippen molar-refractivity contribution in [3.05, 3.63) is 28.2 Å². The Bertz CT molecular complexity index is 415. The molecule has 0 aromatic heterocycles. The molecular formula is C13H17Cl2NO2. The van der Waals surface area contributed by atoms with Crippen molar-refractivity contribution in [3.63, 3.8) is 0 Å². The lowest BCUT2D eigenvalue weighted by Crippen LogP contribution is -2.37. The Labute approximate surface area is 117 Å². The molecule has 5 heteroatoms. The second-order valence-electron chi connectivity index (χ2n) is 4.56.